The van der Waals surface area contributed by atoms with E-state index >= 15 is 0 Å². The van der Waals surface area contributed by atoms with Gasteiger partial charge in [-0.2, -0.15) is 5.10 Å². The van der Waals surface area contributed by atoms with Gasteiger partial charge in [0.25, 0.3) is 0 Å². The molecular weight excluding hydrogens is 406 g/mol. The van der Waals surface area contributed by atoms with Crippen molar-refractivity contribution in [1.82, 2.24) is 30.2 Å². The molecule has 0 saturated heterocycles. The molecule has 9 heteroatoms. The van der Waals surface area contributed by atoms with Crippen LogP contribution in [-0.4, -0.2) is 36.9 Å². The van der Waals surface area contributed by atoms with Gasteiger partial charge in [-0.25, -0.2) is 14.6 Å². The van der Waals surface area contributed by atoms with E-state index in [9.17, 15) is 4.79 Å². The van der Waals surface area contributed by atoms with E-state index in [4.69, 9.17) is 15.4 Å². The predicted molar refractivity (Wildman–Crippen MR) is 121 cm³/mol. The van der Waals surface area contributed by atoms with E-state index in [2.05, 4.69) is 34.3 Å². The van der Waals surface area contributed by atoms with Gasteiger partial charge in [0.2, 0.25) is 5.91 Å². The lowest BCUT2D eigenvalue weighted by Crippen LogP contribution is -2.36. The van der Waals surface area contributed by atoms with Crippen LogP contribution in [0.1, 0.15) is 94.9 Å². The number of nitrogens with two attached hydrogens (primary N) is 1. The summed E-state index contributed by atoms with van der Waals surface area (Å²) in [5, 5.41) is 13.3. The van der Waals surface area contributed by atoms with Crippen LogP contribution in [0, 0.1) is 0 Å². The molecule has 1 amide bonds. The fourth-order valence-corrected chi connectivity index (χ4v) is 4.89. The lowest BCUT2D eigenvalue weighted by Gasteiger charge is -2.29. The van der Waals surface area contributed by atoms with E-state index in [1.807, 2.05) is 11.6 Å². The maximum absolute atomic E-state index is 11.8. The number of hydrogen-bond donors (Lipinski definition) is 2. The Morgan fingerprint density at radius 3 is 2.53 bits per heavy atom. The molecule has 5 rings (SSSR count). The molecule has 3 aromatic heterocycles. The van der Waals surface area contributed by atoms with Crippen LogP contribution in [0.3, 0.4) is 0 Å². The van der Waals surface area contributed by atoms with Crippen molar-refractivity contribution >= 4 is 22.8 Å². The number of nitrogens with zero attached hydrogens (tertiary/aromatic N) is 5. The molecule has 0 aromatic carbocycles. The zero-order valence-corrected chi connectivity index (χ0v) is 19.0. The maximum atomic E-state index is 11.8. The van der Waals surface area contributed by atoms with E-state index in [1.165, 1.54) is 11.9 Å². The summed E-state index contributed by atoms with van der Waals surface area (Å²) in [5.41, 5.74) is 9.66. The number of fused-ring (bicyclic) bond motifs is 1. The smallest absolute Gasteiger partial charge is 0.219 e. The van der Waals surface area contributed by atoms with E-state index in [0.29, 0.717) is 29.8 Å². The largest absolute Gasteiger partial charge is 0.383 e. The second-order valence-electron chi connectivity index (χ2n) is 9.40. The lowest BCUT2D eigenvalue weighted by molar-refractivity contribution is -0.121. The van der Waals surface area contributed by atoms with Gasteiger partial charge in [-0.1, -0.05) is 12.1 Å². The van der Waals surface area contributed by atoms with Crippen molar-refractivity contribution in [2.24, 2.45) is 0 Å². The minimum absolute atomic E-state index is 0.122. The number of aromatic nitrogens is 5. The highest BCUT2D eigenvalue weighted by atomic mass is 16.5. The van der Waals surface area contributed by atoms with Gasteiger partial charge in [0.05, 0.1) is 5.39 Å². The minimum atomic E-state index is 0.122. The zero-order chi connectivity index (χ0) is 22.4. The van der Waals surface area contributed by atoms with Crippen LogP contribution in [0.15, 0.2) is 10.9 Å². The van der Waals surface area contributed by atoms with E-state index in [1.54, 1.807) is 0 Å². The Morgan fingerprint density at radius 1 is 1.16 bits per heavy atom. The van der Waals surface area contributed by atoms with Crippen molar-refractivity contribution in [3.63, 3.8) is 0 Å². The molecule has 2 fully saturated rings. The molecule has 3 heterocycles. The Kier molecular flexibility index (Phi) is 5.35. The van der Waals surface area contributed by atoms with Gasteiger partial charge in [0.15, 0.2) is 5.65 Å². The molecule has 2 aliphatic carbocycles. The van der Waals surface area contributed by atoms with Crippen LogP contribution < -0.4 is 11.1 Å². The van der Waals surface area contributed by atoms with Gasteiger partial charge >= 0.3 is 0 Å². The van der Waals surface area contributed by atoms with Crippen molar-refractivity contribution in [2.45, 2.75) is 89.6 Å². The first-order chi connectivity index (χ1) is 15.5. The predicted octanol–water partition coefficient (Wildman–Crippen LogP) is 4.07. The molecule has 170 valence electrons. The number of hydrogen-bond acceptors (Lipinski definition) is 7. The Hall–Kier alpha value is -2.97. The molecule has 0 aliphatic heterocycles. The van der Waals surface area contributed by atoms with E-state index in [-0.39, 0.29) is 18.0 Å². The SMILES string of the molecule is CCC(=O)NC1CCC(c2c(-c3nn(C(C)C)c4ncnc(N)c34)noc2C2CC2)CC1. The molecule has 32 heavy (non-hydrogen) atoms. The summed E-state index contributed by atoms with van der Waals surface area (Å²) in [5.74, 6) is 2.30. The monoisotopic (exact) mass is 437 g/mol. The maximum Gasteiger partial charge on any atom is 0.219 e. The van der Waals surface area contributed by atoms with Crippen LogP contribution in [-0.2, 0) is 4.79 Å². The summed E-state index contributed by atoms with van der Waals surface area (Å²) in [6.07, 6.45) is 8.15. The summed E-state index contributed by atoms with van der Waals surface area (Å²) in [4.78, 5) is 20.5. The second kappa shape index (κ2) is 8.18. The average molecular weight is 438 g/mol. The molecule has 3 aromatic rings. The molecule has 0 atom stereocenters. The van der Waals surface area contributed by atoms with Crippen LogP contribution >= 0.6 is 0 Å². The Bertz CT molecular complexity index is 1140. The fraction of sp³-hybridized carbons (Fsp3) is 0.609. The molecule has 0 spiro atoms. The highest BCUT2D eigenvalue weighted by molar-refractivity contribution is 5.98. The normalized spacial score (nSPS) is 21.4. The van der Waals surface area contributed by atoms with Gasteiger partial charge in [-0.3, -0.25) is 4.79 Å². The van der Waals surface area contributed by atoms with Gasteiger partial charge < -0.3 is 15.6 Å². The lowest BCUT2D eigenvalue weighted by atomic mass is 9.80. The third kappa shape index (κ3) is 3.63. The first kappa shape index (κ1) is 20.9. The second-order valence-corrected chi connectivity index (χ2v) is 9.40. The van der Waals surface area contributed by atoms with Crippen LogP contribution in [0.25, 0.3) is 22.4 Å². The highest BCUT2D eigenvalue weighted by Gasteiger charge is 2.38. The zero-order valence-electron chi connectivity index (χ0n) is 19.0. The average Bonchev–Trinajstić information content (AvgIpc) is 3.41. The van der Waals surface area contributed by atoms with Crippen LogP contribution in [0.4, 0.5) is 5.82 Å². The van der Waals surface area contributed by atoms with Crippen molar-refractivity contribution in [1.29, 1.82) is 0 Å². The summed E-state index contributed by atoms with van der Waals surface area (Å²) < 4.78 is 7.83. The summed E-state index contributed by atoms with van der Waals surface area (Å²) in [6.45, 7) is 6.03. The summed E-state index contributed by atoms with van der Waals surface area (Å²) >= 11 is 0. The summed E-state index contributed by atoms with van der Waals surface area (Å²) in [6, 6.07) is 0.368. The Labute approximate surface area is 187 Å². The molecule has 2 aliphatic rings. The molecule has 9 nitrogen and oxygen atoms in total. The third-order valence-electron chi connectivity index (χ3n) is 6.76. The standard InChI is InChI=1S/C23H31N7O2/c1-4-16(31)27-15-9-7-13(8-10-15)17-20(29-32-21(17)14-5-6-14)19-18-22(24)25-11-26-23(18)30(28-19)12(2)3/h11-15H,4-10H2,1-3H3,(H,27,31)(H2,24,25,26). The minimum Gasteiger partial charge on any atom is -0.383 e. The number of carbonyl (C=O) groups excluding carboxylic acids is 1. The number of amides is 1. The summed E-state index contributed by atoms with van der Waals surface area (Å²) in [7, 11) is 0. The molecular formula is C23H31N7O2. The first-order valence-corrected chi connectivity index (χ1v) is 11.8. The van der Waals surface area contributed by atoms with Gasteiger partial charge in [-0.05, 0) is 58.3 Å². The topological polar surface area (TPSA) is 125 Å². The van der Waals surface area contributed by atoms with E-state index in [0.717, 1.165) is 61.0 Å². The van der Waals surface area contributed by atoms with Crippen LogP contribution in [0.5, 0.6) is 0 Å². The first-order valence-electron chi connectivity index (χ1n) is 11.8. The molecule has 0 unspecified atom stereocenters. The number of nitrogen functional groups attached to an aromatic ring is 1. The van der Waals surface area contributed by atoms with E-state index < -0.39 is 0 Å². The molecule has 0 radical (unpaired) electrons. The Balaban J connectivity index is 1.55. The van der Waals surface area contributed by atoms with Crippen molar-refractivity contribution < 1.29 is 9.32 Å². The van der Waals surface area contributed by atoms with Gasteiger partial charge in [0.1, 0.15) is 29.3 Å². The van der Waals surface area contributed by atoms with Crippen LogP contribution in [0.2, 0.25) is 0 Å². The highest BCUT2D eigenvalue weighted by Crippen LogP contribution is 2.49. The number of carbonyl (C=O) groups is 1. The number of anilines is 1. The number of rotatable bonds is 6. The number of nitrogens with one attached hydrogen (secondary N) is 1. The van der Waals surface area contributed by atoms with Crippen molar-refractivity contribution in [3.8, 4) is 11.4 Å². The Morgan fingerprint density at radius 2 is 1.88 bits per heavy atom. The third-order valence-corrected chi connectivity index (χ3v) is 6.76. The van der Waals surface area contributed by atoms with Crippen molar-refractivity contribution in [2.75, 3.05) is 5.73 Å². The molecule has 3 N–H and O–H groups in total. The van der Waals surface area contributed by atoms with Crippen molar-refractivity contribution in [3.05, 3.63) is 17.7 Å². The van der Waals surface area contributed by atoms with Gasteiger partial charge in [-0.15, -0.1) is 0 Å². The molecule has 0 bridgehead atoms. The van der Waals surface area contributed by atoms with Gasteiger partial charge in [0, 0.05) is 30.0 Å². The molecule has 2 saturated carbocycles. The quantitative estimate of drug-likeness (QED) is 0.595. The fourth-order valence-electron chi connectivity index (χ4n) is 4.89.